The molecule has 0 saturated heterocycles. The lowest BCUT2D eigenvalue weighted by Crippen LogP contribution is -2.14. The second-order valence-corrected chi connectivity index (χ2v) is 6.50. The number of benzene rings is 2. The van der Waals surface area contributed by atoms with Crippen LogP contribution in [0.25, 0.3) is 0 Å². The van der Waals surface area contributed by atoms with Crippen molar-refractivity contribution in [3.8, 4) is 0 Å². The molecule has 25 heavy (non-hydrogen) atoms. The van der Waals surface area contributed by atoms with Crippen molar-refractivity contribution in [2.24, 2.45) is 0 Å². The maximum Gasteiger partial charge on any atom is 0.255 e. The minimum atomic E-state index is -0.0879. The van der Waals surface area contributed by atoms with Gasteiger partial charge in [0, 0.05) is 16.9 Å². The molecule has 0 aliphatic carbocycles. The number of hydrogen-bond donors (Lipinski definition) is 1. The molecule has 0 bridgehead atoms. The quantitative estimate of drug-likeness (QED) is 0.768. The fourth-order valence-corrected chi connectivity index (χ4v) is 2.97. The number of carbonyl (C=O) groups excluding carboxylic acids is 1. The van der Waals surface area contributed by atoms with E-state index >= 15 is 0 Å². The lowest BCUT2D eigenvalue weighted by molar-refractivity contribution is 0.102. The molecule has 1 heterocycles. The number of anilines is 1. The molecule has 4 heteroatoms. The highest BCUT2D eigenvalue weighted by Crippen LogP contribution is 2.20. The molecule has 1 amide bonds. The third-order valence-electron chi connectivity index (χ3n) is 4.37. The number of aromatic nitrogens is 2. The van der Waals surface area contributed by atoms with Crippen molar-refractivity contribution < 1.29 is 4.79 Å². The number of nitrogens with zero attached hydrogens (tertiary/aromatic N) is 2. The van der Waals surface area contributed by atoms with Gasteiger partial charge in [0.25, 0.3) is 5.91 Å². The van der Waals surface area contributed by atoms with Gasteiger partial charge in [-0.15, -0.1) is 0 Å². The normalized spacial score (nSPS) is 10.7. The zero-order valence-corrected chi connectivity index (χ0v) is 15.1. The Balaban J connectivity index is 1.73. The summed E-state index contributed by atoms with van der Waals surface area (Å²) in [7, 11) is 0. The molecule has 0 spiro atoms. The van der Waals surface area contributed by atoms with Crippen molar-refractivity contribution >= 4 is 11.6 Å². The van der Waals surface area contributed by atoms with Gasteiger partial charge in [-0.05, 0) is 62.6 Å². The van der Waals surface area contributed by atoms with E-state index in [0.29, 0.717) is 12.1 Å². The van der Waals surface area contributed by atoms with Crippen molar-refractivity contribution in [1.29, 1.82) is 0 Å². The lowest BCUT2D eigenvalue weighted by atomic mass is 10.1. The topological polar surface area (TPSA) is 46.9 Å². The highest BCUT2D eigenvalue weighted by Gasteiger charge is 2.10. The molecule has 0 radical (unpaired) electrons. The molecule has 0 atom stereocenters. The Kier molecular flexibility index (Phi) is 4.70. The Labute approximate surface area is 148 Å². The van der Waals surface area contributed by atoms with Crippen molar-refractivity contribution in [3.63, 3.8) is 0 Å². The third kappa shape index (κ3) is 3.79. The Morgan fingerprint density at radius 3 is 2.20 bits per heavy atom. The smallest absolute Gasteiger partial charge is 0.255 e. The number of rotatable bonds is 4. The van der Waals surface area contributed by atoms with Crippen molar-refractivity contribution in [2.45, 2.75) is 34.2 Å². The van der Waals surface area contributed by atoms with E-state index in [-0.39, 0.29) is 5.91 Å². The van der Waals surface area contributed by atoms with Gasteiger partial charge >= 0.3 is 0 Å². The van der Waals surface area contributed by atoms with E-state index in [2.05, 4.69) is 16.5 Å². The maximum atomic E-state index is 12.5. The predicted octanol–water partition coefficient (Wildman–Crippen LogP) is 4.42. The summed E-state index contributed by atoms with van der Waals surface area (Å²) in [5, 5.41) is 7.50. The van der Waals surface area contributed by atoms with Crippen LogP contribution in [0, 0.1) is 27.7 Å². The number of aryl methyl sites for hydroxylation is 4. The van der Waals surface area contributed by atoms with Gasteiger partial charge in [0.2, 0.25) is 0 Å². The third-order valence-corrected chi connectivity index (χ3v) is 4.37. The second-order valence-electron chi connectivity index (χ2n) is 6.50. The van der Waals surface area contributed by atoms with Gasteiger partial charge in [-0.2, -0.15) is 5.10 Å². The molecule has 4 nitrogen and oxygen atoms in total. The van der Waals surface area contributed by atoms with Gasteiger partial charge in [-0.25, -0.2) is 0 Å². The van der Waals surface area contributed by atoms with E-state index < -0.39 is 0 Å². The highest BCUT2D eigenvalue weighted by atomic mass is 16.1. The Bertz CT molecular complexity index is 887. The van der Waals surface area contributed by atoms with Gasteiger partial charge in [0.1, 0.15) is 0 Å². The fraction of sp³-hybridized carbons (Fsp3) is 0.238. The van der Waals surface area contributed by atoms with Crippen molar-refractivity contribution in [2.75, 3.05) is 5.32 Å². The molecule has 0 aliphatic rings. The van der Waals surface area contributed by atoms with Crippen molar-refractivity contribution in [1.82, 2.24) is 9.78 Å². The minimum absolute atomic E-state index is 0.0879. The zero-order chi connectivity index (χ0) is 18.0. The molecule has 128 valence electrons. The highest BCUT2D eigenvalue weighted by molar-refractivity contribution is 6.05. The van der Waals surface area contributed by atoms with Gasteiger partial charge in [0.15, 0.2) is 0 Å². The summed E-state index contributed by atoms with van der Waals surface area (Å²) in [5.41, 5.74) is 6.94. The van der Waals surface area contributed by atoms with Gasteiger partial charge in [-0.1, -0.05) is 30.3 Å². The monoisotopic (exact) mass is 333 g/mol. The van der Waals surface area contributed by atoms with Gasteiger partial charge in [-0.3, -0.25) is 9.48 Å². The van der Waals surface area contributed by atoms with Crippen LogP contribution >= 0.6 is 0 Å². The first-order valence-electron chi connectivity index (χ1n) is 8.41. The zero-order valence-electron chi connectivity index (χ0n) is 15.1. The summed E-state index contributed by atoms with van der Waals surface area (Å²) in [6.07, 6.45) is 0. The van der Waals surface area contributed by atoms with Crippen LogP contribution in [0.2, 0.25) is 0 Å². The number of hydrogen-bond acceptors (Lipinski definition) is 2. The maximum absolute atomic E-state index is 12.5. The van der Waals surface area contributed by atoms with Crippen LogP contribution in [-0.4, -0.2) is 15.7 Å². The first-order chi connectivity index (χ1) is 11.9. The molecule has 1 aromatic heterocycles. The molecule has 1 N–H and O–H groups in total. The van der Waals surface area contributed by atoms with Crippen molar-refractivity contribution in [3.05, 3.63) is 82.2 Å². The van der Waals surface area contributed by atoms with E-state index in [1.807, 2.05) is 74.8 Å². The van der Waals surface area contributed by atoms with E-state index in [0.717, 1.165) is 33.8 Å². The van der Waals surface area contributed by atoms with Crippen LogP contribution in [0.3, 0.4) is 0 Å². The van der Waals surface area contributed by atoms with Crippen LogP contribution in [-0.2, 0) is 6.54 Å². The first-order valence-corrected chi connectivity index (χ1v) is 8.41. The summed E-state index contributed by atoms with van der Waals surface area (Å²) >= 11 is 0. The SMILES string of the molecule is Cc1cc(C)n(Cc2ccc(C(=O)Nc3c(C)cccc3C)cc2)n1. The average Bonchev–Trinajstić information content (AvgIpc) is 2.89. The first kappa shape index (κ1) is 17.0. The van der Waals surface area contributed by atoms with Gasteiger partial charge in [0.05, 0.1) is 12.2 Å². The number of amides is 1. The Morgan fingerprint density at radius 2 is 1.64 bits per heavy atom. The summed E-state index contributed by atoms with van der Waals surface area (Å²) in [5.74, 6) is -0.0879. The Morgan fingerprint density at radius 1 is 1.00 bits per heavy atom. The number of carbonyl (C=O) groups is 1. The van der Waals surface area contributed by atoms with Crippen LogP contribution in [0.4, 0.5) is 5.69 Å². The van der Waals surface area contributed by atoms with Crippen LogP contribution in [0.5, 0.6) is 0 Å². The van der Waals surface area contributed by atoms with Gasteiger partial charge < -0.3 is 5.32 Å². The van der Waals surface area contributed by atoms with Crippen LogP contribution < -0.4 is 5.32 Å². The largest absolute Gasteiger partial charge is 0.322 e. The summed E-state index contributed by atoms with van der Waals surface area (Å²) in [6, 6.07) is 15.8. The average molecular weight is 333 g/mol. The molecule has 0 fully saturated rings. The van der Waals surface area contributed by atoms with Crippen LogP contribution in [0.15, 0.2) is 48.5 Å². The molecule has 0 aliphatic heterocycles. The summed E-state index contributed by atoms with van der Waals surface area (Å²) < 4.78 is 1.97. The molecular formula is C21H23N3O. The molecule has 3 aromatic rings. The van der Waals surface area contributed by atoms with E-state index in [1.165, 1.54) is 0 Å². The molecule has 2 aromatic carbocycles. The molecule has 0 saturated carbocycles. The standard InChI is InChI=1S/C21H23N3O/c1-14-6-5-7-15(2)20(14)22-21(25)19-10-8-18(9-11-19)13-24-17(4)12-16(3)23-24/h5-12H,13H2,1-4H3,(H,22,25). The fourth-order valence-electron chi connectivity index (χ4n) is 2.97. The Hall–Kier alpha value is -2.88. The summed E-state index contributed by atoms with van der Waals surface area (Å²) in [4.78, 5) is 12.5. The second kappa shape index (κ2) is 6.93. The predicted molar refractivity (Wildman–Crippen MR) is 101 cm³/mol. The van der Waals surface area contributed by atoms with E-state index in [1.54, 1.807) is 0 Å². The van der Waals surface area contributed by atoms with Crippen LogP contribution in [0.1, 0.15) is 38.4 Å². The molecule has 3 rings (SSSR count). The summed E-state index contributed by atoms with van der Waals surface area (Å²) in [6.45, 7) is 8.75. The molecule has 0 unspecified atom stereocenters. The van der Waals surface area contributed by atoms with E-state index in [4.69, 9.17) is 0 Å². The lowest BCUT2D eigenvalue weighted by Gasteiger charge is -2.12. The number of nitrogens with one attached hydrogen (secondary N) is 1. The van der Waals surface area contributed by atoms with E-state index in [9.17, 15) is 4.79 Å². The minimum Gasteiger partial charge on any atom is -0.322 e. The molecular weight excluding hydrogens is 310 g/mol. The number of para-hydroxylation sites is 1.